The van der Waals surface area contributed by atoms with Crippen molar-refractivity contribution in [3.05, 3.63) is 69.2 Å². The minimum absolute atomic E-state index is 0.0815. The van der Waals surface area contributed by atoms with Crippen molar-refractivity contribution in [3.63, 3.8) is 0 Å². The summed E-state index contributed by atoms with van der Waals surface area (Å²) >= 11 is 1.78. The molecule has 0 saturated carbocycles. The van der Waals surface area contributed by atoms with Crippen LogP contribution in [0.4, 0.5) is 0 Å². The van der Waals surface area contributed by atoms with Crippen molar-refractivity contribution in [2.75, 3.05) is 26.2 Å². The Morgan fingerprint density at radius 1 is 1.14 bits per heavy atom. The Hall–Kier alpha value is -2.64. The standard InChI is InChI=1S/C22H25N3O3S/c1-16-21(17(2)28-23-16)15-27-19-7-5-18(6-8-19)22(26)25-11-9-24(10-12-25)14-20-4-3-13-29-20/h3-8,13H,9-12,14-15H2,1-2H3. The highest BCUT2D eigenvalue weighted by Crippen LogP contribution is 2.19. The normalized spacial score (nSPS) is 14.9. The van der Waals surface area contributed by atoms with Crippen LogP contribution in [0.25, 0.3) is 0 Å². The zero-order chi connectivity index (χ0) is 20.2. The summed E-state index contributed by atoms with van der Waals surface area (Å²) in [5.74, 6) is 1.58. The smallest absolute Gasteiger partial charge is 0.253 e. The molecule has 1 saturated heterocycles. The maximum atomic E-state index is 12.8. The van der Waals surface area contributed by atoms with Gasteiger partial charge in [0.1, 0.15) is 18.1 Å². The van der Waals surface area contributed by atoms with Crippen LogP contribution in [0.3, 0.4) is 0 Å². The number of piperazine rings is 1. The number of rotatable bonds is 6. The van der Waals surface area contributed by atoms with Crippen LogP contribution < -0.4 is 4.74 Å². The van der Waals surface area contributed by atoms with Crippen LogP contribution in [0.15, 0.2) is 46.3 Å². The number of hydrogen-bond acceptors (Lipinski definition) is 6. The predicted octanol–water partition coefficient (Wildman–Crippen LogP) is 3.89. The van der Waals surface area contributed by atoms with Gasteiger partial charge in [-0.05, 0) is 49.6 Å². The summed E-state index contributed by atoms with van der Waals surface area (Å²) in [4.78, 5) is 18.5. The zero-order valence-electron chi connectivity index (χ0n) is 16.8. The number of ether oxygens (including phenoxy) is 1. The molecule has 152 valence electrons. The van der Waals surface area contributed by atoms with E-state index in [1.54, 1.807) is 11.3 Å². The first-order valence-electron chi connectivity index (χ1n) is 9.79. The Balaban J connectivity index is 1.29. The van der Waals surface area contributed by atoms with Gasteiger partial charge in [-0.3, -0.25) is 9.69 Å². The van der Waals surface area contributed by atoms with Crippen LogP contribution in [0, 0.1) is 13.8 Å². The number of benzene rings is 1. The van der Waals surface area contributed by atoms with Crippen LogP contribution in [-0.4, -0.2) is 47.0 Å². The molecule has 29 heavy (non-hydrogen) atoms. The third-order valence-corrected chi connectivity index (χ3v) is 6.15. The fourth-order valence-corrected chi connectivity index (χ4v) is 4.22. The number of aryl methyl sites for hydroxylation is 2. The SMILES string of the molecule is Cc1noc(C)c1COc1ccc(C(=O)N2CCN(Cc3cccs3)CC2)cc1. The number of aromatic nitrogens is 1. The maximum absolute atomic E-state index is 12.8. The van der Waals surface area contributed by atoms with E-state index in [2.05, 4.69) is 27.6 Å². The second-order valence-corrected chi connectivity index (χ2v) is 8.30. The molecule has 0 aliphatic carbocycles. The first-order chi connectivity index (χ1) is 14.1. The van der Waals surface area contributed by atoms with Crippen LogP contribution in [0.1, 0.15) is 32.3 Å². The van der Waals surface area contributed by atoms with Crippen molar-refractivity contribution in [1.82, 2.24) is 15.0 Å². The average molecular weight is 412 g/mol. The highest BCUT2D eigenvalue weighted by atomic mass is 32.1. The summed E-state index contributed by atoms with van der Waals surface area (Å²) in [5, 5.41) is 6.04. The number of thiophene rings is 1. The Morgan fingerprint density at radius 2 is 1.90 bits per heavy atom. The van der Waals surface area contributed by atoms with Crippen LogP contribution in [0.5, 0.6) is 5.75 Å². The van der Waals surface area contributed by atoms with E-state index in [1.165, 1.54) is 4.88 Å². The van der Waals surface area contributed by atoms with Gasteiger partial charge in [0.25, 0.3) is 5.91 Å². The molecule has 0 unspecified atom stereocenters. The molecular formula is C22H25N3O3S. The molecule has 3 aromatic rings. The van der Waals surface area contributed by atoms with Gasteiger partial charge in [-0.15, -0.1) is 11.3 Å². The Labute approximate surface area is 174 Å². The maximum Gasteiger partial charge on any atom is 0.253 e. The lowest BCUT2D eigenvalue weighted by Crippen LogP contribution is -2.48. The van der Waals surface area contributed by atoms with E-state index in [1.807, 2.05) is 43.0 Å². The Morgan fingerprint density at radius 3 is 2.52 bits per heavy atom. The molecule has 0 atom stereocenters. The molecule has 1 aliphatic rings. The quantitative estimate of drug-likeness (QED) is 0.616. The van der Waals surface area contributed by atoms with E-state index in [0.717, 1.165) is 55.5 Å². The molecule has 1 amide bonds. The number of carbonyl (C=O) groups excluding carboxylic acids is 1. The summed E-state index contributed by atoms with van der Waals surface area (Å²) in [5.41, 5.74) is 2.50. The highest BCUT2D eigenvalue weighted by Gasteiger charge is 2.22. The first-order valence-corrected chi connectivity index (χ1v) is 10.7. The van der Waals surface area contributed by atoms with Crippen molar-refractivity contribution in [3.8, 4) is 5.75 Å². The summed E-state index contributed by atoms with van der Waals surface area (Å²) in [6, 6.07) is 11.6. The zero-order valence-corrected chi connectivity index (χ0v) is 17.6. The molecule has 1 aromatic carbocycles. The lowest BCUT2D eigenvalue weighted by Gasteiger charge is -2.34. The lowest BCUT2D eigenvalue weighted by molar-refractivity contribution is 0.0629. The molecule has 0 spiro atoms. The summed E-state index contributed by atoms with van der Waals surface area (Å²) in [7, 11) is 0. The van der Waals surface area contributed by atoms with Crippen molar-refractivity contribution < 1.29 is 14.1 Å². The third kappa shape index (κ3) is 4.68. The van der Waals surface area contributed by atoms with E-state index >= 15 is 0 Å². The molecule has 0 radical (unpaired) electrons. The summed E-state index contributed by atoms with van der Waals surface area (Å²) < 4.78 is 11.0. The lowest BCUT2D eigenvalue weighted by atomic mass is 10.1. The molecule has 0 bridgehead atoms. The van der Waals surface area contributed by atoms with Gasteiger partial charge in [-0.1, -0.05) is 11.2 Å². The fourth-order valence-electron chi connectivity index (χ4n) is 3.47. The Kier molecular flexibility index (Phi) is 5.97. The average Bonchev–Trinajstić information content (AvgIpc) is 3.37. The van der Waals surface area contributed by atoms with Gasteiger partial charge in [0.2, 0.25) is 0 Å². The predicted molar refractivity (Wildman–Crippen MR) is 112 cm³/mol. The second-order valence-electron chi connectivity index (χ2n) is 7.26. The summed E-state index contributed by atoms with van der Waals surface area (Å²) in [6.07, 6.45) is 0. The number of carbonyl (C=O) groups is 1. The number of amides is 1. The van der Waals surface area contributed by atoms with E-state index in [9.17, 15) is 4.79 Å². The Bertz CT molecular complexity index is 923. The molecule has 4 rings (SSSR count). The molecule has 2 aromatic heterocycles. The molecular weight excluding hydrogens is 386 g/mol. The largest absolute Gasteiger partial charge is 0.489 e. The van der Waals surface area contributed by atoms with Gasteiger partial charge in [-0.2, -0.15) is 0 Å². The van der Waals surface area contributed by atoms with Crippen LogP contribution in [0.2, 0.25) is 0 Å². The van der Waals surface area contributed by atoms with Crippen molar-refractivity contribution in [2.24, 2.45) is 0 Å². The van der Waals surface area contributed by atoms with E-state index in [-0.39, 0.29) is 5.91 Å². The van der Waals surface area contributed by atoms with E-state index in [0.29, 0.717) is 12.2 Å². The molecule has 7 heteroatoms. The molecule has 1 fully saturated rings. The minimum Gasteiger partial charge on any atom is -0.489 e. The van der Waals surface area contributed by atoms with Crippen molar-refractivity contribution >= 4 is 17.2 Å². The van der Waals surface area contributed by atoms with Crippen molar-refractivity contribution in [2.45, 2.75) is 27.0 Å². The van der Waals surface area contributed by atoms with Gasteiger partial charge in [-0.25, -0.2) is 0 Å². The first kappa shape index (κ1) is 19.7. The van der Waals surface area contributed by atoms with E-state index < -0.39 is 0 Å². The molecule has 0 N–H and O–H groups in total. The summed E-state index contributed by atoms with van der Waals surface area (Å²) in [6.45, 7) is 8.48. The van der Waals surface area contributed by atoms with Crippen molar-refractivity contribution in [1.29, 1.82) is 0 Å². The van der Waals surface area contributed by atoms with Gasteiger partial charge in [0.15, 0.2) is 0 Å². The molecule has 3 heterocycles. The third-order valence-electron chi connectivity index (χ3n) is 5.28. The highest BCUT2D eigenvalue weighted by molar-refractivity contribution is 7.09. The van der Waals surface area contributed by atoms with Gasteiger partial charge < -0.3 is 14.2 Å². The number of nitrogens with zero attached hydrogens (tertiary/aromatic N) is 3. The van der Waals surface area contributed by atoms with Gasteiger partial charge in [0, 0.05) is 43.2 Å². The second kappa shape index (κ2) is 8.80. The topological polar surface area (TPSA) is 58.8 Å². The van der Waals surface area contributed by atoms with E-state index in [4.69, 9.17) is 9.26 Å². The van der Waals surface area contributed by atoms with Crippen LogP contribution >= 0.6 is 11.3 Å². The molecule has 6 nitrogen and oxygen atoms in total. The van der Waals surface area contributed by atoms with Crippen LogP contribution in [-0.2, 0) is 13.2 Å². The monoisotopic (exact) mass is 411 g/mol. The van der Waals surface area contributed by atoms with Gasteiger partial charge in [0.05, 0.1) is 11.3 Å². The minimum atomic E-state index is 0.0815. The fraction of sp³-hybridized carbons (Fsp3) is 0.364. The number of hydrogen-bond donors (Lipinski definition) is 0. The molecule has 1 aliphatic heterocycles. The van der Waals surface area contributed by atoms with Gasteiger partial charge >= 0.3 is 0 Å².